The van der Waals surface area contributed by atoms with Crippen molar-refractivity contribution in [2.45, 2.75) is 38.0 Å². The molecule has 2 atom stereocenters. The molecule has 6 heteroatoms. The summed E-state index contributed by atoms with van der Waals surface area (Å²) in [5.41, 5.74) is 0. The van der Waals surface area contributed by atoms with Gasteiger partial charge in [0.05, 0.1) is 5.25 Å². The Hall–Kier alpha value is -0.880. The molecule has 1 N–H and O–H groups in total. The van der Waals surface area contributed by atoms with E-state index >= 15 is 0 Å². The van der Waals surface area contributed by atoms with E-state index in [9.17, 15) is 8.42 Å². The molecule has 0 fully saturated rings. The number of nitrogens with one attached hydrogen (secondary N) is 1. The summed E-state index contributed by atoms with van der Waals surface area (Å²) in [5, 5.41) is 2.89. The molecule has 1 heterocycles. The van der Waals surface area contributed by atoms with Crippen LogP contribution in [-0.4, -0.2) is 42.1 Å². The van der Waals surface area contributed by atoms with Crippen LogP contribution in [0.4, 0.5) is 0 Å². The number of rotatable bonds is 7. The maximum atomic E-state index is 11.7. The molecule has 5 nitrogen and oxygen atoms in total. The fraction of sp³-hybridized carbons (Fsp3) is 0.750. The lowest BCUT2D eigenvalue weighted by Crippen LogP contribution is -2.44. The van der Waals surface area contributed by atoms with E-state index in [1.54, 1.807) is 13.1 Å². The van der Waals surface area contributed by atoms with Crippen molar-refractivity contribution >= 4 is 9.84 Å². The minimum atomic E-state index is -3.05. The van der Waals surface area contributed by atoms with Crippen LogP contribution in [0.1, 0.15) is 26.1 Å². The molecular weight excluding hydrogens is 250 g/mol. The molecule has 0 spiro atoms. The predicted molar refractivity (Wildman–Crippen MR) is 73.3 cm³/mol. The highest BCUT2D eigenvalue weighted by Crippen LogP contribution is 2.10. The van der Waals surface area contributed by atoms with Crippen LogP contribution in [-0.2, 0) is 23.3 Å². The summed E-state index contributed by atoms with van der Waals surface area (Å²) in [6.45, 7) is 4.64. The summed E-state index contributed by atoms with van der Waals surface area (Å²) < 4.78 is 25.3. The predicted octanol–water partition coefficient (Wildman–Crippen LogP) is 0.764. The highest BCUT2D eigenvalue weighted by Gasteiger charge is 2.26. The van der Waals surface area contributed by atoms with Gasteiger partial charge in [-0.2, -0.15) is 0 Å². The highest BCUT2D eigenvalue weighted by molar-refractivity contribution is 7.91. The molecule has 0 bridgehead atoms. The second-order valence-electron chi connectivity index (χ2n) is 4.75. The molecule has 0 aliphatic rings. The lowest BCUT2D eigenvalue weighted by molar-refractivity contribution is 0.470. The third kappa shape index (κ3) is 4.10. The number of hydrogen-bond donors (Lipinski definition) is 1. The van der Waals surface area contributed by atoms with E-state index in [1.807, 2.05) is 17.8 Å². The maximum Gasteiger partial charge on any atom is 0.151 e. The lowest BCUT2D eigenvalue weighted by Gasteiger charge is -2.23. The SMILES string of the molecule is CCCNC(Cc1nccn1C)C(C)S(C)(=O)=O. The van der Waals surface area contributed by atoms with Gasteiger partial charge in [-0.25, -0.2) is 13.4 Å². The average Bonchev–Trinajstić information content (AvgIpc) is 2.68. The molecule has 104 valence electrons. The molecule has 0 saturated heterocycles. The summed E-state index contributed by atoms with van der Waals surface area (Å²) in [4.78, 5) is 4.26. The Balaban J connectivity index is 2.82. The van der Waals surface area contributed by atoms with Crippen LogP contribution in [0.3, 0.4) is 0 Å². The largest absolute Gasteiger partial charge is 0.338 e. The van der Waals surface area contributed by atoms with Crippen LogP contribution < -0.4 is 5.32 Å². The molecule has 0 aromatic carbocycles. The Morgan fingerprint density at radius 2 is 2.17 bits per heavy atom. The normalized spacial score (nSPS) is 15.6. The molecule has 0 amide bonds. The van der Waals surface area contributed by atoms with Gasteiger partial charge in [-0.15, -0.1) is 0 Å². The smallest absolute Gasteiger partial charge is 0.151 e. The minimum absolute atomic E-state index is 0.0962. The Kier molecular flexibility index (Phi) is 5.34. The van der Waals surface area contributed by atoms with Crippen LogP contribution >= 0.6 is 0 Å². The zero-order valence-electron chi connectivity index (χ0n) is 11.5. The molecule has 0 saturated carbocycles. The number of sulfone groups is 1. The van der Waals surface area contributed by atoms with Crippen molar-refractivity contribution in [3.05, 3.63) is 18.2 Å². The molecule has 1 aromatic rings. The van der Waals surface area contributed by atoms with Gasteiger partial charge in [-0.1, -0.05) is 6.92 Å². The van der Waals surface area contributed by atoms with Crippen molar-refractivity contribution in [3.8, 4) is 0 Å². The maximum absolute atomic E-state index is 11.7. The standard InChI is InChI=1S/C12H23N3O2S/c1-5-6-13-11(10(2)18(4,16)17)9-12-14-7-8-15(12)3/h7-8,10-11,13H,5-6,9H2,1-4H3. The first-order valence-corrected chi connectivity index (χ1v) is 8.20. The molecule has 1 rings (SSSR count). The summed E-state index contributed by atoms with van der Waals surface area (Å²) in [6, 6.07) is -0.0962. The summed E-state index contributed by atoms with van der Waals surface area (Å²) >= 11 is 0. The van der Waals surface area contributed by atoms with Crippen LogP contribution in [0.25, 0.3) is 0 Å². The molecule has 1 aromatic heterocycles. The number of hydrogen-bond acceptors (Lipinski definition) is 4. The molecule has 18 heavy (non-hydrogen) atoms. The minimum Gasteiger partial charge on any atom is -0.338 e. The van der Waals surface area contributed by atoms with Crippen molar-refractivity contribution in [3.63, 3.8) is 0 Å². The fourth-order valence-corrected chi connectivity index (χ4v) is 2.61. The van der Waals surface area contributed by atoms with E-state index in [1.165, 1.54) is 6.26 Å². The fourth-order valence-electron chi connectivity index (χ4n) is 1.82. The van der Waals surface area contributed by atoms with Crippen LogP contribution in [0.15, 0.2) is 12.4 Å². The number of imidazole rings is 1. The van der Waals surface area contributed by atoms with E-state index in [-0.39, 0.29) is 6.04 Å². The Morgan fingerprint density at radius 1 is 1.50 bits per heavy atom. The molecule has 0 aliphatic heterocycles. The zero-order valence-corrected chi connectivity index (χ0v) is 12.4. The molecular formula is C12H23N3O2S. The van der Waals surface area contributed by atoms with Crippen molar-refractivity contribution in [2.24, 2.45) is 7.05 Å². The van der Waals surface area contributed by atoms with Gasteiger partial charge in [-0.05, 0) is 19.9 Å². The summed E-state index contributed by atoms with van der Waals surface area (Å²) in [5.74, 6) is 0.902. The second-order valence-corrected chi connectivity index (χ2v) is 7.16. The van der Waals surface area contributed by atoms with Crippen LogP contribution in [0.5, 0.6) is 0 Å². The quantitative estimate of drug-likeness (QED) is 0.797. The third-order valence-electron chi connectivity index (χ3n) is 3.22. The Labute approximate surface area is 110 Å². The number of aryl methyl sites for hydroxylation is 1. The van der Waals surface area contributed by atoms with Gasteiger partial charge in [0.25, 0.3) is 0 Å². The van der Waals surface area contributed by atoms with E-state index in [4.69, 9.17) is 0 Å². The second kappa shape index (κ2) is 6.33. The van der Waals surface area contributed by atoms with Crippen LogP contribution in [0, 0.1) is 0 Å². The number of nitrogens with zero attached hydrogens (tertiary/aromatic N) is 2. The first-order chi connectivity index (χ1) is 8.36. The summed E-state index contributed by atoms with van der Waals surface area (Å²) in [7, 11) is -1.13. The van der Waals surface area contributed by atoms with Crippen LogP contribution in [0.2, 0.25) is 0 Å². The van der Waals surface area contributed by atoms with Crippen molar-refractivity contribution in [2.75, 3.05) is 12.8 Å². The zero-order chi connectivity index (χ0) is 13.8. The molecule has 0 aliphatic carbocycles. The van der Waals surface area contributed by atoms with Crippen molar-refractivity contribution in [1.29, 1.82) is 0 Å². The van der Waals surface area contributed by atoms with Crippen molar-refractivity contribution < 1.29 is 8.42 Å². The van der Waals surface area contributed by atoms with Gasteiger partial charge in [0, 0.05) is 38.2 Å². The topological polar surface area (TPSA) is 64.0 Å². The third-order valence-corrected chi connectivity index (χ3v) is 4.90. The monoisotopic (exact) mass is 273 g/mol. The van der Waals surface area contributed by atoms with E-state index in [0.29, 0.717) is 6.42 Å². The van der Waals surface area contributed by atoms with Crippen molar-refractivity contribution in [1.82, 2.24) is 14.9 Å². The Morgan fingerprint density at radius 3 is 2.61 bits per heavy atom. The first kappa shape index (κ1) is 15.2. The van der Waals surface area contributed by atoms with Gasteiger partial charge in [0.2, 0.25) is 0 Å². The van der Waals surface area contributed by atoms with E-state index in [0.717, 1.165) is 18.8 Å². The summed E-state index contributed by atoms with van der Waals surface area (Å²) in [6.07, 6.45) is 6.50. The van der Waals surface area contributed by atoms with Gasteiger partial charge in [0.1, 0.15) is 5.82 Å². The first-order valence-electron chi connectivity index (χ1n) is 6.24. The van der Waals surface area contributed by atoms with Gasteiger partial charge in [-0.3, -0.25) is 0 Å². The lowest BCUT2D eigenvalue weighted by atomic mass is 10.1. The van der Waals surface area contributed by atoms with Gasteiger partial charge >= 0.3 is 0 Å². The van der Waals surface area contributed by atoms with Gasteiger partial charge in [0.15, 0.2) is 9.84 Å². The Bertz CT molecular complexity index is 467. The van der Waals surface area contributed by atoms with E-state index in [2.05, 4.69) is 17.2 Å². The highest BCUT2D eigenvalue weighted by atomic mass is 32.2. The molecule has 0 radical (unpaired) electrons. The van der Waals surface area contributed by atoms with E-state index < -0.39 is 15.1 Å². The number of aromatic nitrogens is 2. The molecule has 2 unspecified atom stereocenters. The van der Waals surface area contributed by atoms with Gasteiger partial charge < -0.3 is 9.88 Å². The average molecular weight is 273 g/mol.